The van der Waals surface area contributed by atoms with Crippen LogP contribution in [0.5, 0.6) is 0 Å². The molecule has 0 bridgehead atoms. The smallest absolute Gasteiger partial charge is 0.277 e. The highest BCUT2D eigenvalue weighted by atomic mass is 32.2. The first-order valence-corrected chi connectivity index (χ1v) is 7.80. The lowest BCUT2D eigenvalue weighted by atomic mass is 10.1. The van der Waals surface area contributed by atoms with Crippen molar-refractivity contribution in [2.45, 2.75) is 29.7 Å². The van der Waals surface area contributed by atoms with Gasteiger partial charge in [0.05, 0.1) is 28.7 Å². The van der Waals surface area contributed by atoms with Gasteiger partial charge in [0.2, 0.25) is 5.89 Å². The molecule has 2 atom stereocenters. The molecule has 0 N–H and O–H groups in total. The highest BCUT2D eigenvalue weighted by molar-refractivity contribution is 7.99. The maximum absolute atomic E-state index is 11.3. The van der Waals surface area contributed by atoms with Gasteiger partial charge in [-0.05, 0) is 25.1 Å². The zero-order valence-electron chi connectivity index (χ0n) is 9.16. The van der Waals surface area contributed by atoms with Crippen LogP contribution in [-0.4, -0.2) is 35.4 Å². The van der Waals surface area contributed by atoms with Crippen LogP contribution in [0.25, 0.3) is 0 Å². The fourth-order valence-electron chi connectivity index (χ4n) is 1.60. The van der Waals surface area contributed by atoms with Crippen molar-refractivity contribution in [3.63, 3.8) is 0 Å². The first-order chi connectivity index (χ1) is 8.00. The van der Waals surface area contributed by atoms with Gasteiger partial charge in [0.1, 0.15) is 0 Å². The number of nitriles is 1. The second kappa shape index (κ2) is 4.66. The Kier molecular flexibility index (Phi) is 3.40. The summed E-state index contributed by atoms with van der Waals surface area (Å²) in [5, 5.41) is 16.3. The Morgan fingerprint density at radius 1 is 1.59 bits per heavy atom. The van der Waals surface area contributed by atoms with Crippen molar-refractivity contribution in [2.24, 2.45) is 0 Å². The van der Waals surface area contributed by atoms with E-state index in [0.29, 0.717) is 17.5 Å². The Morgan fingerprint density at radius 3 is 2.94 bits per heavy atom. The average Bonchev–Trinajstić information content (AvgIpc) is 2.84. The molecule has 0 unspecified atom stereocenters. The molecule has 0 aromatic carbocycles. The molecule has 2 rings (SSSR count). The Labute approximate surface area is 103 Å². The number of hydrogen-bond acceptors (Lipinski definition) is 7. The zero-order valence-corrected chi connectivity index (χ0v) is 10.8. The van der Waals surface area contributed by atoms with Crippen molar-refractivity contribution in [1.29, 1.82) is 5.26 Å². The maximum Gasteiger partial charge on any atom is 0.277 e. The van der Waals surface area contributed by atoms with Gasteiger partial charge in [-0.25, -0.2) is 8.42 Å². The van der Waals surface area contributed by atoms with Gasteiger partial charge in [-0.2, -0.15) is 5.26 Å². The van der Waals surface area contributed by atoms with E-state index in [1.54, 1.807) is 6.92 Å². The standard InChI is InChI=1S/C9H11N3O3S2/c1-6(4-10)16-9-12-11-8(15-9)7-2-3-17(13,14)5-7/h6-7H,2-3,5H2,1H3/t6-,7+/m0/s1. The normalized spacial score (nSPS) is 24.4. The molecule has 0 amide bonds. The minimum absolute atomic E-state index is 0.0765. The zero-order chi connectivity index (χ0) is 12.5. The van der Waals surface area contributed by atoms with Crippen LogP contribution < -0.4 is 0 Å². The molecule has 2 heterocycles. The fourth-order valence-corrected chi connectivity index (χ4v) is 3.91. The highest BCUT2D eigenvalue weighted by Crippen LogP contribution is 2.30. The second-order valence-electron chi connectivity index (χ2n) is 3.90. The summed E-state index contributed by atoms with van der Waals surface area (Å²) in [6.45, 7) is 1.73. The Hall–Kier alpha value is -1.07. The van der Waals surface area contributed by atoms with E-state index in [1.165, 1.54) is 11.8 Å². The van der Waals surface area contributed by atoms with Crippen LogP contribution in [-0.2, 0) is 9.84 Å². The summed E-state index contributed by atoms with van der Waals surface area (Å²) < 4.78 is 28.0. The molecule has 1 aliphatic heterocycles. The number of rotatable bonds is 3. The minimum Gasteiger partial charge on any atom is -0.416 e. The first-order valence-electron chi connectivity index (χ1n) is 5.10. The predicted molar refractivity (Wildman–Crippen MR) is 61.2 cm³/mol. The lowest BCUT2D eigenvalue weighted by Gasteiger charge is -1.99. The number of sulfone groups is 1. The molecular weight excluding hydrogens is 262 g/mol. The van der Waals surface area contributed by atoms with E-state index >= 15 is 0 Å². The molecule has 8 heteroatoms. The van der Waals surface area contributed by atoms with Crippen LogP contribution in [0.2, 0.25) is 0 Å². The van der Waals surface area contributed by atoms with E-state index in [2.05, 4.69) is 10.2 Å². The fraction of sp³-hybridized carbons (Fsp3) is 0.667. The second-order valence-corrected chi connectivity index (χ2v) is 7.42. The van der Waals surface area contributed by atoms with Crippen LogP contribution in [0.15, 0.2) is 9.64 Å². The summed E-state index contributed by atoms with van der Waals surface area (Å²) in [6, 6.07) is 2.04. The van der Waals surface area contributed by atoms with Crippen LogP contribution in [0.1, 0.15) is 25.2 Å². The van der Waals surface area contributed by atoms with Gasteiger partial charge in [0.15, 0.2) is 9.84 Å². The molecule has 1 aliphatic rings. The third-order valence-corrected chi connectivity index (χ3v) is 5.06. The van der Waals surface area contributed by atoms with E-state index in [-0.39, 0.29) is 22.7 Å². The van der Waals surface area contributed by atoms with Crippen LogP contribution in [0, 0.1) is 11.3 Å². The van der Waals surface area contributed by atoms with Gasteiger partial charge in [-0.3, -0.25) is 0 Å². The van der Waals surface area contributed by atoms with Crippen molar-refractivity contribution >= 4 is 21.6 Å². The largest absolute Gasteiger partial charge is 0.416 e. The lowest BCUT2D eigenvalue weighted by Crippen LogP contribution is -2.03. The first kappa shape index (κ1) is 12.4. The van der Waals surface area contributed by atoms with E-state index < -0.39 is 9.84 Å². The molecule has 1 aromatic heterocycles. The van der Waals surface area contributed by atoms with Gasteiger partial charge in [-0.1, -0.05) is 0 Å². The summed E-state index contributed by atoms with van der Waals surface area (Å²) in [4.78, 5) is 0. The molecule has 17 heavy (non-hydrogen) atoms. The highest BCUT2D eigenvalue weighted by Gasteiger charge is 2.32. The van der Waals surface area contributed by atoms with Crippen LogP contribution >= 0.6 is 11.8 Å². The van der Waals surface area contributed by atoms with E-state index in [9.17, 15) is 8.42 Å². The molecule has 92 valence electrons. The molecule has 6 nitrogen and oxygen atoms in total. The molecule has 0 spiro atoms. The number of aromatic nitrogens is 2. The van der Waals surface area contributed by atoms with Crippen molar-refractivity contribution in [1.82, 2.24) is 10.2 Å². The predicted octanol–water partition coefficient (Wildman–Crippen LogP) is 0.976. The van der Waals surface area contributed by atoms with E-state index in [1.807, 2.05) is 6.07 Å². The molecule has 1 aromatic rings. The Morgan fingerprint density at radius 2 is 2.35 bits per heavy atom. The van der Waals surface area contributed by atoms with Crippen LogP contribution in [0.4, 0.5) is 0 Å². The maximum atomic E-state index is 11.3. The van der Waals surface area contributed by atoms with Crippen molar-refractivity contribution in [2.75, 3.05) is 11.5 Å². The summed E-state index contributed by atoms with van der Waals surface area (Å²) in [6.07, 6.45) is 0.530. The number of nitrogens with zero attached hydrogens (tertiary/aromatic N) is 3. The summed E-state index contributed by atoms with van der Waals surface area (Å²) in [7, 11) is -2.95. The third-order valence-electron chi connectivity index (χ3n) is 2.46. The van der Waals surface area contributed by atoms with Crippen molar-refractivity contribution in [3.8, 4) is 6.07 Å². The monoisotopic (exact) mass is 273 g/mol. The van der Waals surface area contributed by atoms with Gasteiger partial charge >= 0.3 is 0 Å². The van der Waals surface area contributed by atoms with Gasteiger partial charge in [0.25, 0.3) is 5.22 Å². The van der Waals surface area contributed by atoms with Gasteiger partial charge in [0, 0.05) is 0 Å². The van der Waals surface area contributed by atoms with Crippen molar-refractivity contribution < 1.29 is 12.8 Å². The average molecular weight is 273 g/mol. The molecule has 1 fully saturated rings. The van der Waals surface area contributed by atoms with Crippen molar-refractivity contribution in [3.05, 3.63) is 5.89 Å². The third kappa shape index (κ3) is 2.98. The van der Waals surface area contributed by atoms with Gasteiger partial charge < -0.3 is 4.42 Å². The molecule has 1 saturated heterocycles. The van der Waals surface area contributed by atoms with E-state index in [0.717, 1.165) is 0 Å². The molecule has 0 radical (unpaired) electrons. The summed E-state index contributed by atoms with van der Waals surface area (Å²) in [5.41, 5.74) is 0. The lowest BCUT2D eigenvalue weighted by molar-refractivity contribution is 0.393. The SMILES string of the molecule is C[C@@H](C#N)Sc1nnc([C@@H]2CCS(=O)(=O)C2)o1. The quantitative estimate of drug-likeness (QED) is 0.757. The Balaban J connectivity index is 2.07. The Bertz CT molecular complexity index is 546. The topological polar surface area (TPSA) is 96.9 Å². The number of thioether (sulfide) groups is 1. The minimum atomic E-state index is -2.95. The van der Waals surface area contributed by atoms with E-state index in [4.69, 9.17) is 9.68 Å². The molecular formula is C9H11N3O3S2. The molecule has 0 saturated carbocycles. The summed E-state index contributed by atoms with van der Waals surface area (Å²) in [5.74, 6) is 0.419. The van der Waals surface area contributed by atoms with Crippen LogP contribution in [0.3, 0.4) is 0 Å². The van der Waals surface area contributed by atoms with Gasteiger partial charge in [-0.15, -0.1) is 10.2 Å². The number of hydrogen-bond donors (Lipinski definition) is 0. The summed E-state index contributed by atoms with van der Waals surface area (Å²) >= 11 is 1.17. The molecule has 0 aliphatic carbocycles.